The lowest BCUT2D eigenvalue weighted by Crippen LogP contribution is -2.44. The van der Waals surface area contributed by atoms with Crippen molar-refractivity contribution in [3.05, 3.63) is 21.9 Å². The van der Waals surface area contributed by atoms with Crippen LogP contribution in [0.25, 0.3) is 0 Å². The lowest BCUT2D eigenvalue weighted by Gasteiger charge is -2.30. The number of nitrogens with one attached hydrogen (secondary N) is 1. The number of aryl methyl sites for hydroxylation is 1. The molecule has 3 atom stereocenters. The highest BCUT2D eigenvalue weighted by Crippen LogP contribution is 2.37. The highest BCUT2D eigenvalue weighted by atomic mass is 32.1. The van der Waals surface area contributed by atoms with Gasteiger partial charge in [0.15, 0.2) is 0 Å². The summed E-state index contributed by atoms with van der Waals surface area (Å²) in [7, 11) is 1.70. The van der Waals surface area contributed by atoms with Crippen LogP contribution in [0.3, 0.4) is 0 Å². The van der Waals surface area contributed by atoms with E-state index in [9.17, 15) is 4.79 Å². The summed E-state index contributed by atoms with van der Waals surface area (Å²) in [6, 6.07) is 4.40. The average Bonchev–Trinajstić information content (AvgIpc) is 3.00. The maximum Gasteiger partial charge on any atom is 0.244 e. The summed E-state index contributed by atoms with van der Waals surface area (Å²) in [5, 5.41) is 3.55. The van der Waals surface area contributed by atoms with Crippen LogP contribution in [0, 0.1) is 6.92 Å². The van der Waals surface area contributed by atoms with Crippen molar-refractivity contribution < 1.29 is 9.53 Å². The first-order valence-electron chi connectivity index (χ1n) is 7.58. The van der Waals surface area contributed by atoms with Crippen LogP contribution in [0.5, 0.6) is 0 Å². The third kappa shape index (κ3) is 3.15. The Bertz CT molecular complexity index is 502. The van der Waals surface area contributed by atoms with Crippen LogP contribution in [0.15, 0.2) is 12.1 Å². The summed E-state index contributed by atoms with van der Waals surface area (Å²) >= 11 is 1.76. The Morgan fingerprint density at radius 2 is 2.24 bits per heavy atom. The van der Waals surface area contributed by atoms with Crippen molar-refractivity contribution in [2.45, 2.75) is 58.3 Å². The van der Waals surface area contributed by atoms with E-state index in [1.807, 2.05) is 11.8 Å². The number of hydrogen-bond acceptors (Lipinski definition) is 4. The van der Waals surface area contributed by atoms with Gasteiger partial charge < -0.3 is 9.64 Å². The molecule has 4 nitrogen and oxygen atoms in total. The first kappa shape index (κ1) is 16.5. The highest BCUT2D eigenvalue weighted by molar-refractivity contribution is 7.12. The quantitative estimate of drug-likeness (QED) is 0.878. The SMILES string of the molecule is CCC1(C)NC(c2ccc(C)s2)N(C(C)CCOC)C1=O. The van der Waals surface area contributed by atoms with Crippen molar-refractivity contribution in [1.29, 1.82) is 0 Å². The van der Waals surface area contributed by atoms with Gasteiger partial charge in [0.25, 0.3) is 0 Å². The molecule has 1 fully saturated rings. The second kappa shape index (κ2) is 6.46. The molecular formula is C16H26N2O2S. The topological polar surface area (TPSA) is 41.6 Å². The first-order valence-corrected chi connectivity index (χ1v) is 8.40. The van der Waals surface area contributed by atoms with Crippen molar-refractivity contribution in [2.24, 2.45) is 0 Å². The Hall–Kier alpha value is -0.910. The molecule has 2 rings (SSSR count). The molecule has 1 aliphatic heterocycles. The van der Waals surface area contributed by atoms with Gasteiger partial charge in [0, 0.05) is 29.5 Å². The Balaban J connectivity index is 2.29. The Kier molecular flexibility index (Phi) is 5.07. The minimum Gasteiger partial charge on any atom is -0.385 e. The van der Waals surface area contributed by atoms with Crippen LogP contribution in [0.4, 0.5) is 0 Å². The molecule has 0 saturated carbocycles. The molecule has 1 N–H and O–H groups in total. The standard InChI is InChI=1S/C16H26N2O2S/c1-6-16(4)15(19)18(11(2)9-10-20-5)14(17-16)13-8-7-12(3)21-13/h7-8,11,14,17H,6,9-10H2,1-5H3. The molecule has 1 aliphatic rings. The second-order valence-electron chi connectivity index (χ2n) is 6.02. The zero-order chi connectivity index (χ0) is 15.6. The molecule has 0 radical (unpaired) electrons. The van der Waals surface area contributed by atoms with E-state index < -0.39 is 5.54 Å². The Labute approximate surface area is 131 Å². The lowest BCUT2D eigenvalue weighted by atomic mass is 9.99. The number of hydrogen-bond donors (Lipinski definition) is 1. The molecule has 1 aromatic rings. The fraction of sp³-hybridized carbons (Fsp3) is 0.688. The second-order valence-corrected chi connectivity index (χ2v) is 7.34. The smallest absolute Gasteiger partial charge is 0.244 e. The van der Waals surface area contributed by atoms with Crippen LogP contribution in [-0.4, -0.2) is 36.1 Å². The van der Waals surface area contributed by atoms with Crippen molar-refractivity contribution in [1.82, 2.24) is 10.2 Å². The van der Waals surface area contributed by atoms with Gasteiger partial charge in [-0.2, -0.15) is 0 Å². The van der Waals surface area contributed by atoms with Crippen molar-refractivity contribution >= 4 is 17.2 Å². The summed E-state index contributed by atoms with van der Waals surface area (Å²) in [5.74, 6) is 0.199. The predicted molar refractivity (Wildman–Crippen MR) is 86.4 cm³/mol. The Morgan fingerprint density at radius 1 is 1.52 bits per heavy atom. The van der Waals surface area contributed by atoms with E-state index in [1.165, 1.54) is 9.75 Å². The Morgan fingerprint density at radius 3 is 2.76 bits per heavy atom. The third-order valence-electron chi connectivity index (χ3n) is 4.39. The van der Waals surface area contributed by atoms with E-state index in [0.717, 1.165) is 12.8 Å². The van der Waals surface area contributed by atoms with Gasteiger partial charge in [-0.25, -0.2) is 0 Å². The molecule has 5 heteroatoms. The molecule has 3 unspecified atom stereocenters. The molecule has 1 amide bonds. The van der Waals surface area contributed by atoms with E-state index in [0.29, 0.717) is 6.61 Å². The number of nitrogens with zero attached hydrogens (tertiary/aromatic N) is 1. The molecule has 118 valence electrons. The molecule has 1 aromatic heterocycles. The van der Waals surface area contributed by atoms with E-state index in [2.05, 4.69) is 38.2 Å². The normalized spacial score (nSPS) is 27.4. The predicted octanol–water partition coefficient (Wildman–Crippen LogP) is 3.08. The number of carbonyl (C=O) groups is 1. The van der Waals surface area contributed by atoms with Crippen LogP contribution >= 0.6 is 11.3 Å². The van der Waals surface area contributed by atoms with E-state index in [4.69, 9.17) is 4.74 Å². The summed E-state index contributed by atoms with van der Waals surface area (Å²) in [6.45, 7) is 8.94. The fourth-order valence-electron chi connectivity index (χ4n) is 2.78. The molecular weight excluding hydrogens is 284 g/mol. The molecule has 21 heavy (non-hydrogen) atoms. The minimum atomic E-state index is -0.468. The van der Waals surface area contributed by atoms with Gasteiger partial charge in [0.1, 0.15) is 6.17 Å². The van der Waals surface area contributed by atoms with Crippen LogP contribution < -0.4 is 5.32 Å². The number of ether oxygens (including phenoxy) is 1. The number of rotatable bonds is 6. The number of methoxy groups -OCH3 is 1. The van der Waals surface area contributed by atoms with Crippen molar-refractivity contribution in [3.63, 3.8) is 0 Å². The number of carbonyl (C=O) groups excluding carboxylic acids is 1. The van der Waals surface area contributed by atoms with Gasteiger partial charge >= 0.3 is 0 Å². The molecule has 2 heterocycles. The molecule has 0 aliphatic carbocycles. The largest absolute Gasteiger partial charge is 0.385 e. The fourth-order valence-corrected chi connectivity index (χ4v) is 3.71. The average molecular weight is 310 g/mol. The van der Waals surface area contributed by atoms with Gasteiger partial charge in [0.05, 0.1) is 5.54 Å². The first-order chi connectivity index (χ1) is 9.92. The molecule has 1 saturated heterocycles. The highest BCUT2D eigenvalue weighted by Gasteiger charge is 2.49. The van der Waals surface area contributed by atoms with Gasteiger partial charge in [-0.1, -0.05) is 6.92 Å². The number of thiophene rings is 1. The summed E-state index contributed by atoms with van der Waals surface area (Å²) < 4.78 is 5.17. The van der Waals surface area contributed by atoms with Crippen LogP contribution in [0.2, 0.25) is 0 Å². The van der Waals surface area contributed by atoms with Gasteiger partial charge in [-0.3, -0.25) is 10.1 Å². The number of amides is 1. The van der Waals surface area contributed by atoms with E-state index in [-0.39, 0.29) is 18.1 Å². The van der Waals surface area contributed by atoms with Gasteiger partial charge in [0.2, 0.25) is 5.91 Å². The third-order valence-corrected chi connectivity index (χ3v) is 5.45. The van der Waals surface area contributed by atoms with Gasteiger partial charge in [-0.05, 0) is 45.7 Å². The van der Waals surface area contributed by atoms with Crippen LogP contribution in [-0.2, 0) is 9.53 Å². The zero-order valence-corrected chi connectivity index (χ0v) is 14.4. The van der Waals surface area contributed by atoms with Gasteiger partial charge in [-0.15, -0.1) is 11.3 Å². The summed E-state index contributed by atoms with van der Waals surface area (Å²) in [4.78, 5) is 17.4. The maximum absolute atomic E-state index is 12.9. The van der Waals surface area contributed by atoms with E-state index in [1.54, 1.807) is 18.4 Å². The maximum atomic E-state index is 12.9. The zero-order valence-electron chi connectivity index (χ0n) is 13.6. The molecule has 0 bridgehead atoms. The van der Waals surface area contributed by atoms with Crippen molar-refractivity contribution in [2.75, 3.05) is 13.7 Å². The molecule has 0 spiro atoms. The van der Waals surface area contributed by atoms with E-state index >= 15 is 0 Å². The lowest BCUT2D eigenvalue weighted by molar-refractivity contribution is -0.135. The summed E-state index contributed by atoms with van der Waals surface area (Å²) in [5.41, 5.74) is -0.468. The van der Waals surface area contributed by atoms with Crippen LogP contribution in [0.1, 0.15) is 49.5 Å². The summed E-state index contributed by atoms with van der Waals surface area (Å²) in [6.07, 6.45) is 1.62. The monoisotopic (exact) mass is 310 g/mol. The minimum absolute atomic E-state index is 0.0204. The van der Waals surface area contributed by atoms with Crippen molar-refractivity contribution in [3.8, 4) is 0 Å². The molecule has 0 aromatic carbocycles.